The van der Waals surface area contributed by atoms with Gasteiger partial charge < -0.3 is 5.11 Å². The van der Waals surface area contributed by atoms with E-state index in [1.54, 1.807) is 19.1 Å². The Labute approximate surface area is 64.9 Å². The summed E-state index contributed by atoms with van der Waals surface area (Å²) in [6.45, 7) is 2.20. The highest BCUT2D eigenvalue weighted by Gasteiger charge is 2.08. The Balaban J connectivity index is 2.90. The summed E-state index contributed by atoms with van der Waals surface area (Å²) in [5.74, 6) is 0.179. The number of rotatable bonds is 2. The summed E-state index contributed by atoms with van der Waals surface area (Å²) < 4.78 is 0.861. The van der Waals surface area contributed by atoms with Gasteiger partial charge in [-0.2, -0.15) is 0 Å². The van der Waals surface area contributed by atoms with Crippen molar-refractivity contribution in [2.24, 2.45) is 0 Å². The standard InChI is InChI=1S/C8H9NO2/c1-2-9(11)7-3-5-8(10)6-4-7/h3-6H,2H2,1H3/p+1. The molecule has 3 nitrogen and oxygen atoms in total. The van der Waals surface area contributed by atoms with E-state index in [2.05, 4.69) is 0 Å². The average Bonchev–Trinajstić information content (AvgIpc) is 2.05. The Morgan fingerprint density at radius 1 is 1.36 bits per heavy atom. The quantitative estimate of drug-likeness (QED) is 0.656. The van der Waals surface area contributed by atoms with Crippen molar-refractivity contribution in [3.8, 4) is 5.75 Å². The molecule has 0 aliphatic carbocycles. The van der Waals surface area contributed by atoms with Crippen LogP contribution in [0.25, 0.3) is 0 Å². The minimum absolute atomic E-state index is 0.179. The van der Waals surface area contributed by atoms with Crippen molar-refractivity contribution in [3.05, 3.63) is 29.2 Å². The van der Waals surface area contributed by atoms with E-state index in [0.717, 1.165) is 4.76 Å². The number of hydrogen-bond acceptors (Lipinski definition) is 2. The summed E-state index contributed by atoms with van der Waals surface area (Å²) in [5, 5.41) is 8.89. The summed E-state index contributed by atoms with van der Waals surface area (Å²) in [6.07, 6.45) is 0. The van der Waals surface area contributed by atoms with E-state index in [9.17, 15) is 4.91 Å². The predicted octanol–water partition coefficient (Wildman–Crippen LogP) is 1.82. The Morgan fingerprint density at radius 2 is 1.91 bits per heavy atom. The molecule has 1 rings (SSSR count). The van der Waals surface area contributed by atoms with Crippen molar-refractivity contribution in [2.45, 2.75) is 6.92 Å². The van der Waals surface area contributed by atoms with Crippen LogP contribution in [0, 0.1) is 4.91 Å². The van der Waals surface area contributed by atoms with Crippen molar-refractivity contribution in [1.82, 2.24) is 0 Å². The highest BCUT2D eigenvalue weighted by Crippen LogP contribution is 2.15. The molecule has 0 radical (unpaired) electrons. The molecule has 11 heavy (non-hydrogen) atoms. The predicted molar refractivity (Wildman–Crippen MR) is 41.9 cm³/mol. The molecule has 0 aromatic heterocycles. The van der Waals surface area contributed by atoms with E-state index >= 15 is 0 Å². The van der Waals surface area contributed by atoms with Crippen LogP contribution in [0.15, 0.2) is 24.3 Å². The van der Waals surface area contributed by atoms with Crippen LogP contribution in [-0.4, -0.2) is 16.4 Å². The molecule has 0 spiro atoms. The molecule has 0 aliphatic heterocycles. The molecule has 1 N–H and O–H groups in total. The van der Waals surface area contributed by atoms with Crippen molar-refractivity contribution >= 4 is 5.69 Å². The molecular weight excluding hydrogens is 142 g/mol. The number of nitrogens with zero attached hydrogens (tertiary/aromatic N) is 1. The van der Waals surface area contributed by atoms with Crippen molar-refractivity contribution in [2.75, 3.05) is 6.54 Å². The first-order chi connectivity index (χ1) is 5.24. The van der Waals surface area contributed by atoms with Gasteiger partial charge in [-0.05, 0) is 19.1 Å². The van der Waals surface area contributed by atoms with Crippen LogP contribution in [0.4, 0.5) is 5.69 Å². The molecule has 3 heteroatoms. The molecule has 0 unspecified atom stereocenters. The molecule has 0 saturated carbocycles. The number of phenolic OH excluding ortho intramolecular Hbond substituents is 1. The normalized spacial score (nSPS) is 9.55. The third-order valence-electron chi connectivity index (χ3n) is 1.42. The lowest BCUT2D eigenvalue weighted by molar-refractivity contribution is -0.458. The fourth-order valence-electron chi connectivity index (χ4n) is 0.801. The maximum Gasteiger partial charge on any atom is 0.256 e. The van der Waals surface area contributed by atoms with Gasteiger partial charge in [0.15, 0.2) is 6.54 Å². The molecule has 0 amide bonds. The second-order valence-corrected chi connectivity index (χ2v) is 2.21. The Morgan fingerprint density at radius 3 is 2.36 bits per heavy atom. The molecule has 0 heterocycles. The van der Waals surface area contributed by atoms with Crippen LogP contribution >= 0.6 is 0 Å². The fraction of sp³-hybridized carbons (Fsp3) is 0.250. The highest BCUT2D eigenvalue weighted by atomic mass is 16.3. The molecule has 58 valence electrons. The number of benzene rings is 1. The second-order valence-electron chi connectivity index (χ2n) is 2.21. The SMILES string of the molecule is CC[N+](=O)c1ccc(O)cc1. The summed E-state index contributed by atoms with van der Waals surface area (Å²) in [4.78, 5) is 11.0. The molecule has 1 aromatic carbocycles. The molecule has 0 bridgehead atoms. The topological polar surface area (TPSA) is 40.3 Å². The first-order valence-electron chi connectivity index (χ1n) is 3.47. The highest BCUT2D eigenvalue weighted by molar-refractivity contribution is 5.34. The van der Waals surface area contributed by atoms with E-state index in [0.29, 0.717) is 12.2 Å². The van der Waals surface area contributed by atoms with Gasteiger partial charge >= 0.3 is 0 Å². The van der Waals surface area contributed by atoms with Gasteiger partial charge in [0.2, 0.25) is 0 Å². The summed E-state index contributed by atoms with van der Waals surface area (Å²) >= 11 is 0. The van der Waals surface area contributed by atoms with Crippen molar-refractivity contribution in [1.29, 1.82) is 0 Å². The van der Waals surface area contributed by atoms with E-state index in [1.807, 2.05) is 0 Å². The number of nitroso groups, excluding NO2 is 1. The van der Waals surface area contributed by atoms with Crippen LogP contribution in [0.3, 0.4) is 0 Å². The smallest absolute Gasteiger partial charge is 0.256 e. The molecular formula is C8H10NO2+. The van der Waals surface area contributed by atoms with Crippen LogP contribution in [-0.2, 0) is 0 Å². The zero-order valence-corrected chi connectivity index (χ0v) is 6.32. The first kappa shape index (κ1) is 7.72. The lowest BCUT2D eigenvalue weighted by atomic mass is 10.3. The van der Waals surface area contributed by atoms with E-state index in [-0.39, 0.29) is 5.75 Å². The third-order valence-corrected chi connectivity index (χ3v) is 1.42. The van der Waals surface area contributed by atoms with Crippen LogP contribution in [0.5, 0.6) is 5.75 Å². The molecule has 0 fully saturated rings. The maximum absolute atomic E-state index is 11.0. The van der Waals surface area contributed by atoms with Crippen molar-refractivity contribution in [3.63, 3.8) is 0 Å². The number of phenols is 1. The summed E-state index contributed by atoms with van der Waals surface area (Å²) in [5.41, 5.74) is 0.574. The Hall–Kier alpha value is -1.38. The van der Waals surface area contributed by atoms with E-state index in [1.165, 1.54) is 12.1 Å². The largest absolute Gasteiger partial charge is 0.508 e. The molecule has 0 aliphatic rings. The van der Waals surface area contributed by atoms with Gasteiger partial charge in [-0.15, -0.1) is 0 Å². The van der Waals surface area contributed by atoms with Crippen LogP contribution < -0.4 is 0 Å². The first-order valence-corrected chi connectivity index (χ1v) is 3.47. The van der Waals surface area contributed by atoms with E-state index in [4.69, 9.17) is 5.11 Å². The lowest BCUT2D eigenvalue weighted by Crippen LogP contribution is -1.97. The minimum Gasteiger partial charge on any atom is -0.508 e. The lowest BCUT2D eigenvalue weighted by Gasteiger charge is -1.89. The monoisotopic (exact) mass is 152 g/mol. The van der Waals surface area contributed by atoms with Crippen LogP contribution in [0.1, 0.15) is 6.92 Å². The zero-order chi connectivity index (χ0) is 8.27. The van der Waals surface area contributed by atoms with Gasteiger partial charge in [-0.25, -0.2) is 0 Å². The fourth-order valence-corrected chi connectivity index (χ4v) is 0.801. The maximum atomic E-state index is 11.0. The van der Waals surface area contributed by atoms with Gasteiger partial charge in [0, 0.05) is 21.8 Å². The van der Waals surface area contributed by atoms with Gasteiger partial charge in [0.05, 0.1) is 0 Å². The van der Waals surface area contributed by atoms with E-state index < -0.39 is 0 Å². The van der Waals surface area contributed by atoms with Crippen molar-refractivity contribution < 1.29 is 9.87 Å². The minimum atomic E-state index is 0.179. The molecule has 0 atom stereocenters. The second kappa shape index (κ2) is 3.14. The Bertz CT molecular complexity index is 253. The number of hydrogen-bond donors (Lipinski definition) is 1. The zero-order valence-electron chi connectivity index (χ0n) is 6.32. The summed E-state index contributed by atoms with van der Waals surface area (Å²) in [6, 6.07) is 6.17. The Kier molecular flexibility index (Phi) is 2.21. The summed E-state index contributed by atoms with van der Waals surface area (Å²) in [7, 11) is 0. The van der Waals surface area contributed by atoms with Gasteiger partial charge in [0.1, 0.15) is 5.75 Å². The average molecular weight is 152 g/mol. The van der Waals surface area contributed by atoms with Gasteiger partial charge in [0.25, 0.3) is 5.69 Å². The molecule has 1 aromatic rings. The third kappa shape index (κ3) is 1.77. The van der Waals surface area contributed by atoms with Gasteiger partial charge in [-0.3, -0.25) is 0 Å². The van der Waals surface area contributed by atoms with Crippen LogP contribution in [0.2, 0.25) is 0 Å². The molecule has 0 saturated heterocycles. The number of aromatic hydroxyl groups is 1. The van der Waals surface area contributed by atoms with Gasteiger partial charge in [-0.1, -0.05) is 0 Å².